The molecule has 0 aromatic heterocycles. The van der Waals surface area contributed by atoms with Gasteiger partial charge in [-0.3, -0.25) is 10.2 Å². The molecule has 1 aliphatic carbocycles. The van der Waals surface area contributed by atoms with E-state index in [2.05, 4.69) is 5.32 Å². The molecule has 1 saturated carbocycles. The van der Waals surface area contributed by atoms with Crippen LogP contribution in [0.5, 0.6) is 5.75 Å². The molecule has 4 N–H and O–H groups in total. The van der Waals surface area contributed by atoms with Gasteiger partial charge in [0.25, 0.3) is 0 Å². The smallest absolute Gasteiger partial charge is 0.314 e. The van der Waals surface area contributed by atoms with Crippen molar-refractivity contribution in [1.82, 2.24) is 5.32 Å². The summed E-state index contributed by atoms with van der Waals surface area (Å²) in [7, 11) is 0. The molecule has 1 aromatic rings. The summed E-state index contributed by atoms with van der Waals surface area (Å²) in [4.78, 5) is 12.3. The summed E-state index contributed by atoms with van der Waals surface area (Å²) in [5.41, 5.74) is 7.45. The molecule has 23 heavy (non-hydrogen) atoms. The minimum Gasteiger partial charge on any atom is -0.426 e. The average Bonchev–Trinajstić information content (AvgIpc) is 2.48. The van der Waals surface area contributed by atoms with Crippen LogP contribution in [0.2, 0.25) is 0 Å². The monoisotopic (exact) mass is 339 g/mol. The molecule has 1 aliphatic rings. The number of nitrogens with one attached hydrogen (secondary N) is 2. The number of guanidine groups is 1. The van der Waals surface area contributed by atoms with Gasteiger partial charge in [0.05, 0.1) is 5.92 Å². The van der Waals surface area contributed by atoms with Gasteiger partial charge in [-0.25, -0.2) is 0 Å². The van der Waals surface area contributed by atoms with Crippen LogP contribution in [0.1, 0.15) is 36.8 Å². The molecule has 0 bridgehead atoms. The summed E-state index contributed by atoms with van der Waals surface area (Å²) in [6.07, 6.45) is 3.61. The maximum atomic E-state index is 12.3. The first-order chi connectivity index (χ1) is 10.5. The first-order valence-electron chi connectivity index (χ1n) is 7.82. The van der Waals surface area contributed by atoms with Gasteiger partial charge in [0.1, 0.15) is 5.75 Å². The second-order valence-electron chi connectivity index (χ2n) is 6.20. The Kier molecular flexibility index (Phi) is 7.36. The highest BCUT2D eigenvalue weighted by Crippen LogP contribution is 2.30. The maximum Gasteiger partial charge on any atom is 0.314 e. The Balaban J connectivity index is 0.00000264. The second kappa shape index (κ2) is 8.77. The largest absolute Gasteiger partial charge is 0.426 e. The minimum atomic E-state index is -0.120. The molecule has 5 nitrogen and oxygen atoms in total. The lowest BCUT2D eigenvalue weighted by atomic mass is 9.82. The van der Waals surface area contributed by atoms with Crippen molar-refractivity contribution in [3.8, 4) is 5.75 Å². The van der Waals surface area contributed by atoms with E-state index in [0.29, 0.717) is 18.2 Å². The molecule has 0 amide bonds. The third-order valence-electron chi connectivity index (χ3n) is 4.30. The summed E-state index contributed by atoms with van der Waals surface area (Å²) >= 11 is 0. The standard InChI is InChI=1S/C17H25N3O2.ClH/c1-11-3-8-15(12(2)9-11)22-16(21)14-6-4-13(5-7-14)10-20-17(18)19;/h3,8-9,13-14H,4-7,10H2,1-2H3,(H4,18,19,20);1H/t13-,14-;. The van der Waals surface area contributed by atoms with Gasteiger partial charge in [0.15, 0.2) is 5.96 Å². The Morgan fingerprint density at radius 2 is 1.96 bits per heavy atom. The third kappa shape index (κ3) is 5.75. The van der Waals surface area contributed by atoms with Gasteiger partial charge in [-0.1, -0.05) is 17.7 Å². The Labute approximate surface area is 143 Å². The topological polar surface area (TPSA) is 88.2 Å². The van der Waals surface area contributed by atoms with Crippen LogP contribution in [0, 0.1) is 31.1 Å². The molecule has 0 saturated heterocycles. The molecule has 128 valence electrons. The predicted octanol–water partition coefficient (Wildman–Crippen LogP) is 2.92. The Bertz CT molecular complexity index is 555. The fourth-order valence-corrected chi connectivity index (χ4v) is 2.96. The molecular formula is C17H26ClN3O2. The number of hydrogen-bond donors (Lipinski definition) is 3. The average molecular weight is 340 g/mol. The molecule has 0 aliphatic heterocycles. The van der Waals surface area contributed by atoms with Crippen molar-refractivity contribution < 1.29 is 9.53 Å². The molecule has 1 fully saturated rings. The SMILES string of the molecule is Cc1ccc(OC(=O)[C@H]2CC[C@H](CNC(=N)N)CC2)c(C)c1.Cl. The van der Waals surface area contributed by atoms with Gasteiger partial charge in [-0.15, -0.1) is 12.4 Å². The first-order valence-corrected chi connectivity index (χ1v) is 7.82. The van der Waals surface area contributed by atoms with Crippen LogP contribution in [0.3, 0.4) is 0 Å². The Morgan fingerprint density at radius 1 is 1.30 bits per heavy atom. The van der Waals surface area contributed by atoms with Gasteiger partial charge in [-0.2, -0.15) is 0 Å². The van der Waals surface area contributed by atoms with Crippen molar-refractivity contribution in [3.05, 3.63) is 29.3 Å². The molecule has 0 unspecified atom stereocenters. The van der Waals surface area contributed by atoms with Crippen LogP contribution in [-0.2, 0) is 4.79 Å². The molecule has 0 radical (unpaired) electrons. The zero-order valence-corrected chi connectivity index (χ0v) is 14.5. The van der Waals surface area contributed by atoms with E-state index in [9.17, 15) is 4.79 Å². The van der Waals surface area contributed by atoms with Crippen LogP contribution < -0.4 is 15.8 Å². The quantitative estimate of drug-likeness (QED) is 0.340. The lowest BCUT2D eigenvalue weighted by Crippen LogP contribution is -2.36. The number of halogens is 1. The van der Waals surface area contributed by atoms with Crippen molar-refractivity contribution in [1.29, 1.82) is 5.41 Å². The Hall–Kier alpha value is -1.75. The lowest BCUT2D eigenvalue weighted by molar-refractivity contribution is -0.140. The zero-order valence-electron chi connectivity index (χ0n) is 13.7. The van der Waals surface area contributed by atoms with Gasteiger partial charge in [-0.05, 0) is 57.1 Å². The van der Waals surface area contributed by atoms with Crippen molar-refractivity contribution in [2.75, 3.05) is 6.54 Å². The van der Waals surface area contributed by atoms with Gasteiger partial charge >= 0.3 is 5.97 Å². The van der Waals surface area contributed by atoms with E-state index in [-0.39, 0.29) is 30.3 Å². The third-order valence-corrected chi connectivity index (χ3v) is 4.30. The number of ether oxygens (including phenoxy) is 1. The van der Waals surface area contributed by atoms with E-state index in [0.717, 1.165) is 36.8 Å². The second-order valence-corrected chi connectivity index (χ2v) is 6.20. The summed E-state index contributed by atoms with van der Waals surface area (Å²) in [6.45, 7) is 4.70. The van der Waals surface area contributed by atoms with Crippen molar-refractivity contribution in [2.45, 2.75) is 39.5 Å². The summed E-state index contributed by atoms with van der Waals surface area (Å²) in [6, 6.07) is 5.85. The van der Waals surface area contributed by atoms with E-state index in [1.807, 2.05) is 32.0 Å². The molecule has 0 spiro atoms. The number of esters is 1. The molecule has 6 heteroatoms. The number of carbonyl (C=O) groups excluding carboxylic acids is 1. The molecular weight excluding hydrogens is 314 g/mol. The number of carbonyl (C=O) groups is 1. The van der Waals surface area contributed by atoms with E-state index in [1.54, 1.807) is 0 Å². The predicted molar refractivity (Wildman–Crippen MR) is 94.2 cm³/mol. The summed E-state index contributed by atoms with van der Waals surface area (Å²) in [5.74, 6) is 1.01. The Morgan fingerprint density at radius 3 is 2.52 bits per heavy atom. The number of benzene rings is 1. The number of rotatable bonds is 4. The van der Waals surface area contributed by atoms with Crippen molar-refractivity contribution in [2.24, 2.45) is 17.6 Å². The van der Waals surface area contributed by atoms with Crippen molar-refractivity contribution >= 4 is 24.3 Å². The molecule has 1 aromatic carbocycles. The molecule has 2 rings (SSSR count). The lowest BCUT2D eigenvalue weighted by Gasteiger charge is -2.27. The van der Waals surface area contributed by atoms with Crippen LogP contribution in [-0.4, -0.2) is 18.5 Å². The number of aryl methyl sites for hydroxylation is 2. The fourth-order valence-electron chi connectivity index (χ4n) is 2.96. The molecule has 0 atom stereocenters. The summed E-state index contributed by atoms with van der Waals surface area (Å²) < 4.78 is 5.56. The van der Waals surface area contributed by atoms with E-state index in [1.165, 1.54) is 0 Å². The van der Waals surface area contributed by atoms with E-state index >= 15 is 0 Å². The highest BCUT2D eigenvalue weighted by molar-refractivity contribution is 5.85. The van der Waals surface area contributed by atoms with Gasteiger partial charge < -0.3 is 15.8 Å². The first kappa shape index (κ1) is 19.3. The minimum absolute atomic E-state index is 0. The highest BCUT2D eigenvalue weighted by Gasteiger charge is 2.27. The maximum absolute atomic E-state index is 12.3. The number of hydrogen-bond acceptors (Lipinski definition) is 3. The van der Waals surface area contributed by atoms with E-state index in [4.69, 9.17) is 15.9 Å². The van der Waals surface area contributed by atoms with Crippen LogP contribution in [0.4, 0.5) is 0 Å². The number of nitrogens with two attached hydrogens (primary N) is 1. The highest BCUT2D eigenvalue weighted by atomic mass is 35.5. The van der Waals surface area contributed by atoms with Crippen LogP contribution in [0.25, 0.3) is 0 Å². The zero-order chi connectivity index (χ0) is 16.1. The normalized spacial score (nSPS) is 20.3. The van der Waals surface area contributed by atoms with Gasteiger partial charge in [0.2, 0.25) is 0 Å². The fraction of sp³-hybridized carbons (Fsp3) is 0.529. The van der Waals surface area contributed by atoms with Crippen molar-refractivity contribution in [3.63, 3.8) is 0 Å². The van der Waals surface area contributed by atoms with Crippen LogP contribution in [0.15, 0.2) is 18.2 Å². The van der Waals surface area contributed by atoms with E-state index < -0.39 is 0 Å². The van der Waals surface area contributed by atoms with Gasteiger partial charge in [0, 0.05) is 6.54 Å². The van der Waals surface area contributed by atoms with Crippen LogP contribution >= 0.6 is 12.4 Å². The molecule has 0 heterocycles. The summed E-state index contributed by atoms with van der Waals surface area (Å²) in [5, 5.41) is 10.0.